The number of benzene rings is 1. The topological polar surface area (TPSA) is 74.2 Å². The van der Waals surface area contributed by atoms with Crippen molar-refractivity contribution in [1.82, 2.24) is 10.1 Å². The minimum absolute atomic E-state index is 0.228. The van der Waals surface area contributed by atoms with Gasteiger partial charge in [0.1, 0.15) is 5.75 Å². The van der Waals surface area contributed by atoms with E-state index in [1.807, 2.05) is 26.0 Å². The van der Waals surface area contributed by atoms with Crippen molar-refractivity contribution in [2.45, 2.75) is 27.0 Å². The molecular formula is C12H14ClN3O2. The van der Waals surface area contributed by atoms with Gasteiger partial charge < -0.3 is 15.0 Å². The van der Waals surface area contributed by atoms with Gasteiger partial charge in [-0.25, -0.2) is 0 Å². The molecule has 6 heteroatoms. The van der Waals surface area contributed by atoms with Crippen LogP contribution in [0.4, 0.5) is 0 Å². The second-order valence-corrected chi connectivity index (χ2v) is 4.40. The zero-order chi connectivity index (χ0) is 13.1. The van der Waals surface area contributed by atoms with Gasteiger partial charge in [-0.15, -0.1) is 0 Å². The van der Waals surface area contributed by atoms with Gasteiger partial charge in [-0.05, 0) is 37.1 Å². The molecule has 0 amide bonds. The van der Waals surface area contributed by atoms with E-state index in [1.54, 1.807) is 0 Å². The fourth-order valence-corrected chi connectivity index (χ4v) is 2.02. The Kier molecular flexibility index (Phi) is 3.84. The number of aryl methyl sites for hydroxylation is 2. The molecule has 0 unspecified atom stereocenters. The first-order chi connectivity index (χ1) is 8.60. The summed E-state index contributed by atoms with van der Waals surface area (Å²) in [5.74, 6) is 1.67. The van der Waals surface area contributed by atoms with Crippen LogP contribution in [0.15, 0.2) is 16.7 Å². The molecular weight excluding hydrogens is 254 g/mol. The first-order valence-corrected chi connectivity index (χ1v) is 5.89. The zero-order valence-electron chi connectivity index (χ0n) is 10.2. The van der Waals surface area contributed by atoms with Gasteiger partial charge in [-0.1, -0.05) is 16.8 Å². The van der Waals surface area contributed by atoms with Crippen molar-refractivity contribution in [1.29, 1.82) is 0 Å². The van der Waals surface area contributed by atoms with Crippen molar-refractivity contribution in [3.63, 3.8) is 0 Å². The molecule has 0 radical (unpaired) electrons. The summed E-state index contributed by atoms with van der Waals surface area (Å²) in [4.78, 5) is 4.07. The highest BCUT2D eigenvalue weighted by atomic mass is 35.5. The highest BCUT2D eigenvalue weighted by molar-refractivity contribution is 6.30. The average molecular weight is 268 g/mol. The highest BCUT2D eigenvalue weighted by Gasteiger charge is 2.09. The van der Waals surface area contributed by atoms with E-state index in [2.05, 4.69) is 10.1 Å². The predicted molar refractivity (Wildman–Crippen MR) is 67.4 cm³/mol. The molecule has 0 fully saturated rings. The fraction of sp³-hybridized carbons (Fsp3) is 0.333. The van der Waals surface area contributed by atoms with E-state index in [0.29, 0.717) is 16.7 Å². The summed E-state index contributed by atoms with van der Waals surface area (Å²) in [6.07, 6.45) is 0. The maximum absolute atomic E-state index is 5.95. The van der Waals surface area contributed by atoms with E-state index in [-0.39, 0.29) is 13.2 Å². The lowest BCUT2D eigenvalue weighted by molar-refractivity contribution is 0.281. The molecule has 0 saturated carbocycles. The molecule has 1 aromatic heterocycles. The lowest BCUT2D eigenvalue weighted by Crippen LogP contribution is -2.02. The van der Waals surface area contributed by atoms with Gasteiger partial charge in [-0.2, -0.15) is 4.98 Å². The number of ether oxygens (including phenoxy) is 1. The van der Waals surface area contributed by atoms with Gasteiger partial charge in [-0.3, -0.25) is 0 Å². The summed E-state index contributed by atoms with van der Waals surface area (Å²) in [6, 6.07) is 3.71. The lowest BCUT2D eigenvalue weighted by Gasteiger charge is -2.10. The molecule has 0 aliphatic carbocycles. The number of halogens is 1. The molecule has 18 heavy (non-hydrogen) atoms. The van der Waals surface area contributed by atoms with Crippen molar-refractivity contribution in [2.75, 3.05) is 0 Å². The van der Waals surface area contributed by atoms with E-state index in [4.69, 9.17) is 26.6 Å². The molecule has 1 aromatic carbocycles. The fourth-order valence-electron chi connectivity index (χ4n) is 1.69. The summed E-state index contributed by atoms with van der Waals surface area (Å²) in [5.41, 5.74) is 7.33. The number of hydrogen-bond acceptors (Lipinski definition) is 5. The Hall–Kier alpha value is -1.59. The van der Waals surface area contributed by atoms with E-state index in [9.17, 15) is 0 Å². The van der Waals surface area contributed by atoms with Crippen LogP contribution in [0, 0.1) is 13.8 Å². The molecule has 0 aliphatic rings. The Morgan fingerprint density at radius 1 is 1.33 bits per heavy atom. The molecule has 0 saturated heterocycles. The average Bonchev–Trinajstić information content (AvgIpc) is 2.75. The van der Waals surface area contributed by atoms with Crippen LogP contribution in [0.3, 0.4) is 0 Å². The van der Waals surface area contributed by atoms with E-state index in [1.165, 1.54) is 0 Å². The Bertz CT molecular complexity index is 531. The second-order valence-electron chi connectivity index (χ2n) is 3.97. The SMILES string of the molecule is Cc1cc(Cl)cc(C)c1OCc1noc(CN)n1. The zero-order valence-corrected chi connectivity index (χ0v) is 11.0. The summed E-state index contributed by atoms with van der Waals surface area (Å²) in [7, 11) is 0. The van der Waals surface area contributed by atoms with Crippen LogP contribution >= 0.6 is 11.6 Å². The summed E-state index contributed by atoms with van der Waals surface area (Å²) in [5, 5.41) is 4.46. The van der Waals surface area contributed by atoms with Gasteiger partial charge in [0.25, 0.3) is 0 Å². The van der Waals surface area contributed by atoms with Crippen LogP contribution in [0.5, 0.6) is 5.75 Å². The quantitative estimate of drug-likeness (QED) is 0.921. The van der Waals surface area contributed by atoms with E-state index >= 15 is 0 Å². The smallest absolute Gasteiger partial charge is 0.240 e. The van der Waals surface area contributed by atoms with Gasteiger partial charge in [0.2, 0.25) is 11.7 Å². The van der Waals surface area contributed by atoms with Crippen LogP contribution in [0.25, 0.3) is 0 Å². The van der Waals surface area contributed by atoms with Crippen molar-refractivity contribution in [3.05, 3.63) is 40.0 Å². The number of hydrogen-bond donors (Lipinski definition) is 1. The minimum atomic E-state index is 0.228. The number of nitrogens with two attached hydrogens (primary N) is 1. The van der Waals surface area contributed by atoms with Gasteiger partial charge in [0.15, 0.2) is 6.61 Å². The van der Waals surface area contributed by atoms with Crippen molar-refractivity contribution in [2.24, 2.45) is 5.73 Å². The number of nitrogens with zero attached hydrogens (tertiary/aromatic N) is 2. The first kappa shape index (κ1) is 12.9. The molecule has 0 atom stereocenters. The summed E-state index contributed by atoms with van der Waals surface area (Å²) >= 11 is 5.95. The Labute approximate surface area is 110 Å². The molecule has 1 heterocycles. The Balaban J connectivity index is 2.10. The molecule has 0 spiro atoms. The third kappa shape index (κ3) is 2.80. The standard InChI is InChI=1S/C12H14ClN3O2/c1-7-3-9(13)4-8(2)12(7)17-6-10-15-11(5-14)18-16-10/h3-4H,5-6,14H2,1-2H3. The number of aromatic nitrogens is 2. The molecule has 2 rings (SSSR count). The largest absolute Gasteiger partial charge is 0.485 e. The Morgan fingerprint density at radius 3 is 2.56 bits per heavy atom. The van der Waals surface area contributed by atoms with Crippen LogP contribution in [-0.4, -0.2) is 10.1 Å². The molecule has 96 valence electrons. The van der Waals surface area contributed by atoms with Crippen LogP contribution in [0.2, 0.25) is 5.02 Å². The second kappa shape index (κ2) is 5.37. The maximum Gasteiger partial charge on any atom is 0.240 e. The molecule has 2 aromatic rings. The van der Waals surface area contributed by atoms with Crippen LogP contribution in [0.1, 0.15) is 22.8 Å². The van der Waals surface area contributed by atoms with Gasteiger partial charge in [0.05, 0.1) is 6.54 Å². The molecule has 0 aliphatic heterocycles. The van der Waals surface area contributed by atoms with Crippen molar-refractivity contribution >= 4 is 11.6 Å². The molecule has 2 N–H and O–H groups in total. The third-order valence-corrected chi connectivity index (χ3v) is 2.67. The monoisotopic (exact) mass is 267 g/mol. The highest BCUT2D eigenvalue weighted by Crippen LogP contribution is 2.27. The predicted octanol–water partition coefficient (Wildman–Crippen LogP) is 2.38. The van der Waals surface area contributed by atoms with Gasteiger partial charge in [0, 0.05) is 5.02 Å². The van der Waals surface area contributed by atoms with Crippen LogP contribution in [-0.2, 0) is 13.2 Å². The minimum Gasteiger partial charge on any atom is -0.485 e. The normalized spacial score (nSPS) is 10.7. The maximum atomic E-state index is 5.95. The molecule has 0 bridgehead atoms. The van der Waals surface area contributed by atoms with E-state index < -0.39 is 0 Å². The molecule has 5 nitrogen and oxygen atoms in total. The summed E-state index contributed by atoms with van der Waals surface area (Å²) in [6.45, 7) is 4.35. The van der Waals surface area contributed by atoms with E-state index in [0.717, 1.165) is 16.9 Å². The van der Waals surface area contributed by atoms with Crippen LogP contribution < -0.4 is 10.5 Å². The van der Waals surface area contributed by atoms with Crippen molar-refractivity contribution < 1.29 is 9.26 Å². The third-order valence-electron chi connectivity index (χ3n) is 2.46. The van der Waals surface area contributed by atoms with Gasteiger partial charge >= 0.3 is 0 Å². The Morgan fingerprint density at radius 2 is 2.00 bits per heavy atom. The van der Waals surface area contributed by atoms with Crippen molar-refractivity contribution in [3.8, 4) is 5.75 Å². The lowest BCUT2D eigenvalue weighted by atomic mass is 10.1. The number of rotatable bonds is 4. The first-order valence-electron chi connectivity index (χ1n) is 5.51. The summed E-state index contributed by atoms with van der Waals surface area (Å²) < 4.78 is 10.6.